The monoisotopic (exact) mass is 628 g/mol. The molecule has 2 heterocycles. The summed E-state index contributed by atoms with van der Waals surface area (Å²) in [5.41, 5.74) is 6.91. The van der Waals surface area contributed by atoms with Gasteiger partial charge >= 0.3 is 0 Å². The van der Waals surface area contributed by atoms with Crippen LogP contribution in [0.2, 0.25) is 0 Å². The SMILES string of the molecule is CCCCc1nc(C=O)cn1Cc1ccc(-c2ccccc2-c2nnnn2C(c2ccccc2)(c2ccccc2)c2ccccc2)cc1. The third-order valence-corrected chi connectivity index (χ3v) is 8.90. The first kappa shape index (κ1) is 30.7. The minimum atomic E-state index is -0.847. The van der Waals surface area contributed by atoms with Crippen LogP contribution in [0.1, 0.15) is 58.3 Å². The van der Waals surface area contributed by atoms with E-state index in [0.29, 0.717) is 18.1 Å². The van der Waals surface area contributed by atoms with Gasteiger partial charge in [-0.15, -0.1) is 5.10 Å². The number of hydrogen-bond acceptors (Lipinski definition) is 5. The van der Waals surface area contributed by atoms with Crippen LogP contribution in [0.3, 0.4) is 0 Å². The number of nitrogens with zero attached hydrogens (tertiary/aromatic N) is 6. The molecular formula is C41H36N6O. The number of imidazole rings is 1. The fraction of sp³-hybridized carbons (Fsp3) is 0.146. The lowest BCUT2D eigenvalue weighted by molar-refractivity contribution is 0.111. The van der Waals surface area contributed by atoms with Crippen LogP contribution >= 0.6 is 0 Å². The molecule has 0 aliphatic carbocycles. The molecule has 7 heteroatoms. The molecule has 0 N–H and O–H groups in total. The fourth-order valence-corrected chi connectivity index (χ4v) is 6.61. The molecule has 0 saturated carbocycles. The molecule has 0 bridgehead atoms. The van der Waals surface area contributed by atoms with Gasteiger partial charge in [-0.05, 0) is 50.2 Å². The zero-order chi connectivity index (χ0) is 32.8. The van der Waals surface area contributed by atoms with Crippen LogP contribution in [0.5, 0.6) is 0 Å². The number of rotatable bonds is 12. The van der Waals surface area contributed by atoms with E-state index in [9.17, 15) is 4.79 Å². The Morgan fingerprint density at radius 2 is 1.25 bits per heavy atom. The van der Waals surface area contributed by atoms with E-state index in [4.69, 9.17) is 10.3 Å². The van der Waals surface area contributed by atoms with Gasteiger partial charge in [-0.2, -0.15) is 0 Å². The highest BCUT2D eigenvalue weighted by Crippen LogP contribution is 2.43. The summed E-state index contributed by atoms with van der Waals surface area (Å²) in [5.74, 6) is 1.60. The van der Waals surface area contributed by atoms with E-state index in [2.05, 4.69) is 131 Å². The van der Waals surface area contributed by atoms with Crippen molar-refractivity contribution in [2.24, 2.45) is 0 Å². The topological polar surface area (TPSA) is 78.5 Å². The van der Waals surface area contributed by atoms with Gasteiger partial charge in [0.05, 0.1) is 0 Å². The summed E-state index contributed by atoms with van der Waals surface area (Å²) in [6.45, 7) is 2.81. The molecule has 7 aromatic rings. The fourth-order valence-electron chi connectivity index (χ4n) is 6.61. The van der Waals surface area contributed by atoms with E-state index in [0.717, 1.165) is 70.3 Å². The number of benzene rings is 5. The lowest BCUT2D eigenvalue weighted by Crippen LogP contribution is -2.39. The minimum absolute atomic E-state index is 0.474. The predicted molar refractivity (Wildman–Crippen MR) is 189 cm³/mol. The summed E-state index contributed by atoms with van der Waals surface area (Å²) < 4.78 is 4.06. The maximum Gasteiger partial charge on any atom is 0.184 e. The first-order valence-electron chi connectivity index (χ1n) is 16.4. The van der Waals surface area contributed by atoms with E-state index >= 15 is 0 Å². The third kappa shape index (κ3) is 5.75. The van der Waals surface area contributed by atoms with Gasteiger partial charge in [0.15, 0.2) is 12.1 Å². The van der Waals surface area contributed by atoms with Crippen molar-refractivity contribution in [1.29, 1.82) is 0 Å². The Morgan fingerprint density at radius 3 is 1.81 bits per heavy atom. The molecule has 0 saturated heterocycles. The van der Waals surface area contributed by atoms with Gasteiger partial charge in [0.2, 0.25) is 0 Å². The van der Waals surface area contributed by atoms with Crippen LogP contribution in [0.4, 0.5) is 0 Å². The molecule has 7 rings (SSSR count). The van der Waals surface area contributed by atoms with Crippen LogP contribution < -0.4 is 0 Å². The average Bonchev–Trinajstić information content (AvgIpc) is 3.80. The zero-order valence-electron chi connectivity index (χ0n) is 26.9. The normalized spacial score (nSPS) is 11.4. The molecule has 5 aromatic carbocycles. The molecule has 0 unspecified atom stereocenters. The van der Waals surface area contributed by atoms with E-state index in [-0.39, 0.29) is 0 Å². The second-order valence-electron chi connectivity index (χ2n) is 11.9. The Hall–Kier alpha value is -5.95. The van der Waals surface area contributed by atoms with E-state index in [1.807, 2.05) is 41.2 Å². The number of tetrazole rings is 1. The molecule has 0 atom stereocenters. The van der Waals surface area contributed by atoms with Crippen LogP contribution in [0.25, 0.3) is 22.5 Å². The molecule has 0 spiro atoms. The zero-order valence-corrected chi connectivity index (χ0v) is 26.9. The predicted octanol–water partition coefficient (Wildman–Crippen LogP) is 8.25. The van der Waals surface area contributed by atoms with Crippen molar-refractivity contribution in [2.75, 3.05) is 0 Å². The largest absolute Gasteiger partial charge is 0.330 e. The second-order valence-corrected chi connectivity index (χ2v) is 11.9. The lowest BCUT2D eigenvalue weighted by atomic mass is 9.77. The highest BCUT2D eigenvalue weighted by molar-refractivity contribution is 5.81. The summed E-state index contributed by atoms with van der Waals surface area (Å²) in [6.07, 6.45) is 5.62. The average molecular weight is 629 g/mol. The van der Waals surface area contributed by atoms with E-state index < -0.39 is 5.54 Å². The number of carbonyl (C=O) groups excluding carboxylic acids is 1. The van der Waals surface area contributed by atoms with E-state index in [1.54, 1.807) is 0 Å². The van der Waals surface area contributed by atoms with E-state index in [1.165, 1.54) is 0 Å². The minimum Gasteiger partial charge on any atom is -0.330 e. The molecule has 0 fully saturated rings. The van der Waals surface area contributed by atoms with Crippen molar-refractivity contribution in [3.63, 3.8) is 0 Å². The summed E-state index contributed by atoms with van der Waals surface area (Å²) in [5, 5.41) is 13.8. The van der Waals surface area contributed by atoms with Crippen molar-refractivity contribution < 1.29 is 4.79 Å². The van der Waals surface area contributed by atoms with Crippen molar-refractivity contribution in [3.05, 3.63) is 179 Å². The Balaban J connectivity index is 1.33. The van der Waals surface area contributed by atoms with Gasteiger partial charge in [-0.25, -0.2) is 9.67 Å². The highest BCUT2D eigenvalue weighted by atomic mass is 16.1. The molecule has 0 radical (unpaired) electrons. The third-order valence-electron chi connectivity index (χ3n) is 8.90. The van der Waals surface area contributed by atoms with Gasteiger partial charge in [0.1, 0.15) is 17.1 Å². The first-order valence-corrected chi connectivity index (χ1v) is 16.4. The molecule has 0 aliphatic rings. The molecule has 2 aromatic heterocycles. The Labute approximate surface area is 280 Å². The van der Waals surface area contributed by atoms with Crippen molar-refractivity contribution in [1.82, 2.24) is 29.8 Å². The lowest BCUT2D eigenvalue weighted by Gasteiger charge is -2.36. The molecule has 7 nitrogen and oxygen atoms in total. The van der Waals surface area contributed by atoms with Crippen LogP contribution in [-0.2, 0) is 18.5 Å². The molecule has 0 aliphatic heterocycles. The Kier molecular flexibility index (Phi) is 8.83. The second kappa shape index (κ2) is 13.8. The summed E-state index contributed by atoms with van der Waals surface area (Å²) >= 11 is 0. The number of aromatic nitrogens is 6. The Morgan fingerprint density at radius 1 is 0.688 bits per heavy atom. The maximum atomic E-state index is 11.5. The molecule has 48 heavy (non-hydrogen) atoms. The van der Waals surface area contributed by atoms with Crippen molar-refractivity contribution in [3.8, 4) is 22.5 Å². The number of aldehydes is 1. The molecular weight excluding hydrogens is 592 g/mol. The smallest absolute Gasteiger partial charge is 0.184 e. The van der Waals surface area contributed by atoms with Crippen molar-refractivity contribution >= 4 is 6.29 Å². The standard InChI is InChI=1S/C41H36N6O/c1-2-3-23-39-42-36(30-48)29-46(39)28-31-24-26-32(27-25-31)37-21-13-14-22-38(37)40-43-44-45-47(40)41(33-15-7-4-8-16-33,34-17-9-5-10-18-34)35-19-11-6-12-20-35/h4-22,24-27,29-30H,2-3,23,28H2,1H3. The van der Waals surface area contributed by atoms with Crippen LogP contribution in [-0.4, -0.2) is 36.0 Å². The number of unbranched alkanes of at least 4 members (excludes halogenated alkanes) is 1. The summed E-state index contributed by atoms with van der Waals surface area (Å²) in [7, 11) is 0. The summed E-state index contributed by atoms with van der Waals surface area (Å²) in [6, 6.07) is 48.2. The van der Waals surface area contributed by atoms with Gasteiger partial charge < -0.3 is 4.57 Å². The van der Waals surface area contributed by atoms with Gasteiger partial charge in [-0.1, -0.05) is 153 Å². The van der Waals surface area contributed by atoms with Crippen LogP contribution in [0, 0.1) is 0 Å². The van der Waals surface area contributed by atoms with Gasteiger partial charge in [0.25, 0.3) is 0 Å². The first-order chi connectivity index (χ1) is 23.7. The maximum absolute atomic E-state index is 11.5. The number of hydrogen-bond donors (Lipinski definition) is 0. The number of aryl methyl sites for hydroxylation is 1. The van der Waals surface area contributed by atoms with Crippen LogP contribution in [0.15, 0.2) is 146 Å². The number of carbonyl (C=O) groups is 1. The Bertz CT molecular complexity index is 2010. The van der Waals surface area contributed by atoms with Crippen molar-refractivity contribution in [2.45, 2.75) is 38.3 Å². The molecule has 0 amide bonds. The summed E-state index contributed by atoms with van der Waals surface area (Å²) in [4.78, 5) is 16.0. The van der Waals surface area contributed by atoms with Gasteiger partial charge in [-0.3, -0.25) is 4.79 Å². The highest BCUT2D eigenvalue weighted by Gasteiger charge is 2.42. The van der Waals surface area contributed by atoms with Gasteiger partial charge in [0, 0.05) is 24.7 Å². The quantitative estimate of drug-likeness (QED) is 0.101. The molecule has 236 valence electrons.